The summed E-state index contributed by atoms with van der Waals surface area (Å²) in [7, 11) is 1.68. The number of primary amides is 1. The monoisotopic (exact) mass is 334 g/mol. The van der Waals surface area contributed by atoms with Crippen molar-refractivity contribution in [2.45, 2.75) is 26.2 Å². The van der Waals surface area contributed by atoms with Crippen molar-refractivity contribution in [3.8, 4) is 0 Å². The van der Waals surface area contributed by atoms with Gasteiger partial charge in [-0.15, -0.1) is 0 Å². The molecule has 0 fully saturated rings. The van der Waals surface area contributed by atoms with Gasteiger partial charge in [0.2, 0.25) is 0 Å². The van der Waals surface area contributed by atoms with Crippen LogP contribution in [-0.4, -0.2) is 15.7 Å². The Morgan fingerprint density at radius 2 is 2.17 bits per heavy atom. The van der Waals surface area contributed by atoms with Crippen molar-refractivity contribution in [1.29, 1.82) is 0 Å². The molecule has 1 aromatic heterocycles. The second-order valence-corrected chi connectivity index (χ2v) is 5.40. The van der Waals surface area contributed by atoms with Gasteiger partial charge in [0.1, 0.15) is 5.56 Å². The van der Waals surface area contributed by atoms with Gasteiger partial charge >= 0.3 is 0 Å². The Balaban J connectivity index is 2.15. The third-order valence-electron chi connectivity index (χ3n) is 3.52. The Morgan fingerprint density at radius 1 is 1.42 bits per heavy atom. The molecule has 0 aliphatic rings. The summed E-state index contributed by atoms with van der Waals surface area (Å²) in [5, 5.41) is 7.24. The molecule has 2 rings (SSSR count). The number of hydrogen-bond donors (Lipinski definition) is 2. The number of nitrogens with two attached hydrogens (primary N) is 1. The van der Waals surface area contributed by atoms with Crippen LogP contribution in [0.15, 0.2) is 36.2 Å². The Bertz CT molecular complexity index is 768. The molecule has 2 aromatic rings. The van der Waals surface area contributed by atoms with Gasteiger partial charge in [-0.3, -0.25) is 9.48 Å². The molecule has 5 nitrogen and oxygen atoms in total. The summed E-state index contributed by atoms with van der Waals surface area (Å²) >= 11 is 0. The van der Waals surface area contributed by atoms with Crippen molar-refractivity contribution in [2.24, 2.45) is 12.8 Å². The summed E-state index contributed by atoms with van der Waals surface area (Å²) in [5.41, 5.74) is 6.68. The highest BCUT2D eigenvalue weighted by Crippen LogP contribution is 2.19. The number of anilines is 1. The lowest BCUT2D eigenvalue weighted by Gasteiger charge is -2.11. The number of benzene rings is 1. The zero-order valence-corrected chi connectivity index (χ0v) is 13.6. The smallest absolute Gasteiger partial charge is 0.254 e. The van der Waals surface area contributed by atoms with Crippen molar-refractivity contribution in [3.63, 3.8) is 0 Å². The van der Waals surface area contributed by atoms with E-state index in [4.69, 9.17) is 5.73 Å². The summed E-state index contributed by atoms with van der Waals surface area (Å²) in [4.78, 5) is 11.5. The maximum atomic E-state index is 13.7. The zero-order valence-electron chi connectivity index (χ0n) is 13.6. The molecule has 0 aliphatic carbocycles. The fraction of sp³-hybridized carbons (Fsp3) is 0.294. The van der Waals surface area contributed by atoms with Gasteiger partial charge in [0, 0.05) is 18.9 Å². The second-order valence-electron chi connectivity index (χ2n) is 5.40. The van der Waals surface area contributed by atoms with E-state index in [0.717, 1.165) is 18.2 Å². The molecule has 7 heteroatoms. The molecule has 24 heavy (non-hydrogen) atoms. The average molecular weight is 334 g/mol. The number of amides is 1. The molecule has 0 aliphatic heterocycles. The Labute approximate surface area is 139 Å². The first kappa shape index (κ1) is 17.7. The van der Waals surface area contributed by atoms with Crippen molar-refractivity contribution in [3.05, 3.63) is 58.9 Å². The van der Waals surface area contributed by atoms with Gasteiger partial charge in [-0.2, -0.15) is 5.10 Å². The van der Waals surface area contributed by atoms with Crippen LogP contribution < -0.4 is 11.1 Å². The molecule has 1 aromatic carbocycles. The van der Waals surface area contributed by atoms with Crippen molar-refractivity contribution in [1.82, 2.24) is 9.78 Å². The summed E-state index contributed by atoms with van der Waals surface area (Å²) in [6.45, 7) is 1.96. The van der Waals surface area contributed by atoms with E-state index >= 15 is 0 Å². The lowest BCUT2D eigenvalue weighted by atomic mass is 10.1. The van der Waals surface area contributed by atoms with Crippen LogP contribution in [0.4, 0.5) is 14.6 Å². The van der Waals surface area contributed by atoms with Crippen LogP contribution in [0.1, 0.15) is 35.7 Å². The highest BCUT2D eigenvalue weighted by atomic mass is 19.2. The minimum atomic E-state index is -0.859. The molecule has 128 valence electrons. The van der Waals surface area contributed by atoms with Crippen LogP contribution in [0.25, 0.3) is 0 Å². The largest absolute Gasteiger partial charge is 0.365 e. The molecule has 0 unspecified atom stereocenters. The van der Waals surface area contributed by atoms with Crippen LogP contribution >= 0.6 is 0 Å². The van der Waals surface area contributed by atoms with Gasteiger partial charge in [0.25, 0.3) is 5.91 Å². The summed E-state index contributed by atoms with van der Waals surface area (Å²) in [6, 6.07) is 4.12. The zero-order chi connectivity index (χ0) is 17.7. The number of carbonyl (C=O) groups is 1. The fourth-order valence-corrected chi connectivity index (χ4v) is 2.39. The second kappa shape index (κ2) is 7.72. The molecular formula is C17H20F2N4O. The minimum absolute atomic E-state index is 0.274. The van der Waals surface area contributed by atoms with Gasteiger partial charge in [0.05, 0.1) is 0 Å². The van der Waals surface area contributed by atoms with Crippen LogP contribution in [0.3, 0.4) is 0 Å². The van der Waals surface area contributed by atoms with Crippen LogP contribution in [0.2, 0.25) is 0 Å². The first-order chi connectivity index (χ1) is 11.4. The van der Waals surface area contributed by atoms with E-state index in [1.54, 1.807) is 13.1 Å². The average Bonchev–Trinajstić information content (AvgIpc) is 2.89. The number of nitrogens with zero attached hydrogens (tertiary/aromatic N) is 2. The van der Waals surface area contributed by atoms with E-state index in [9.17, 15) is 13.6 Å². The van der Waals surface area contributed by atoms with E-state index in [-0.39, 0.29) is 5.56 Å². The Morgan fingerprint density at radius 3 is 2.83 bits per heavy atom. The summed E-state index contributed by atoms with van der Waals surface area (Å²) in [5.74, 6) is -1.92. The molecule has 3 N–H and O–H groups in total. The predicted molar refractivity (Wildman–Crippen MR) is 88.4 cm³/mol. The third kappa shape index (κ3) is 4.18. The number of halogens is 2. The number of allylic oxidation sites excluding steroid dienone is 2. The standard InChI is InChI=1S/C17H20F2N4O/c1-3-5-12(9-8-11-6-4-7-14(18)15(11)19)21-17-13(16(20)24)10-23(2)22-17/h4-7,10H,3,8-9H2,1-2H3,(H2,20,24)(H,21,22)/b12-5-. The van der Waals surface area contributed by atoms with Crippen molar-refractivity contribution in [2.75, 3.05) is 5.32 Å². The van der Waals surface area contributed by atoms with Gasteiger partial charge < -0.3 is 11.1 Å². The molecule has 1 heterocycles. The van der Waals surface area contributed by atoms with Crippen molar-refractivity contribution >= 4 is 11.7 Å². The normalized spacial score (nSPS) is 11.6. The number of rotatable bonds is 7. The lowest BCUT2D eigenvalue weighted by Crippen LogP contribution is -2.13. The Kier molecular flexibility index (Phi) is 5.68. The van der Waals surface area contributed by atoms with Gasteiger partial charge in [-0.05, 0) is 30.9 Å². The van der Waals surface area contributed by atoms with E-state index in [1.165, 1.54) is 16.9 Å². The molecule has 0 spiro atoms. The number of aryl methyl sites for hydroxylation is 2. The number of hydrogen-bond acceptors (Lipinski definition) is 3. The number of carbonyl (C=O) groups excluding carboxylic acids is 1. The van der Waals surface area contributed by atoms with Crippen LogP contribution in [-0.2, 0) is 13.5 Å². The third-order valence-corrected chi connectivity index (χ3v) is 3.52. The highest BCUT2D eigenvalue weighted by Gasteiger charge is 2.14. The molecule has 0 saturated carbocycles. The lowest BCUT2D eigenvalue weighted by molar-refractivity contribution is 0.100. The SMILES string of the molecule is CC/C=C(/CCc1cccc(F)c1F)Nc1nn(C)cc1C(N)=O. The van der Waals surface area contributed by atoms with Crippen LogP contribution in [0.5, 0.6) is 0 Å². The number of aromatic nitrogens is 2. The molecule has 0 atom stereocenters. The van der Waals surface area contributed by atoms with Gasteiger partial charge in [-0.25, -0.2) is 8.78 Å². The van der Waals surface area contributed by atoms with Gasteiger partial charge in [0.15, 0.2) is 17.5 Å². The molecule has 0 radical (unpaired) electrons. The molecule has 0 saturated heterocycles. The van der Waals surface area contributed by atoms with E-state index in [2.05, 4.69) is 10.4 Å². The molecule has 1 amide bonds. The first-order valence-corrected chi connectivity index (χ1v) is 7.64. The maximum absolute atomic E-state index is 13.7. The maximum Gasteiger partial charge on any atom is 0.254 e. The minimum Gasteiger partial charge on any atom is -0.365 e. The van der Waals surface area contributed by atoms with E-state index in [0.29, 0.717) is 24.2 Å². The van der Waals surface area contributed by atoms with Crippen molar-refractivity contribution < 1.29 is 13.6 Å². The quantitative estimate of drug-likeness (QED) is 0.817. The fourth-order valence-electron chi connectivity index (χ4n) is 2.39. The predicted octanol–water partition coefficient (Wildman–Crippen LogP) is 3.14. The first-order valence-electron chi connectivity index (χ1n) is 7.64. The molecular weight excluding hydrogens is 314 g/mol. The van der Waals surface area contributed by atoms with Crippen LogP contribution in [0, 0.1) is 11.6 Å². The van der Waals surface area contributed by atoms with E-state index in [1.807, 2.05) is 13.0 Å². The van der Waals surface area contributed by atoms with E-state index < -0.39 is 17.5 Å². The Hall–Kier alpha value is -2.70. The number of nitrogens with one attached hydrogen (secondary N) is 1. The summed E-state index contributed by atoms with van der Waals surface area (Å²) < 4.78 is 28.5. The molecule has 0 bridgehead atoms. The summed E-state index contributed by atoms with van der Waals surface area (Å²) in [6.07, 6.45) is 4.95. The topological polar surface area (TPSA) is 72.9 Å². The highest BCUT2D eigenvalue weighted by molar-refractivity contribution is 5.97. The van der Waals surface area contributed by atoms with Gasteiger partial charge in [-0.1, -0.05) is 25.1 Å².